The molecule has 2 aliphatic heterocycles. The molecule has 0 spiro atoms. The SMILES string of the molecule is C[C@H]1[C@@H]2OCCC[C@H]2O[C@H]1n1ccc(=O)[nH]c1=O. The van der Waals surface area contributed by atoms with Gasteiger partial charge in [0.1, 0.15) is 6.23 Å². The fourth-order valence-electron chi connectivity index (χ4n) is 2.82. The molecule has 0 aliphatic carbocycles. The second-order valence-electron chi connectivity index (χ2n) is 4.92. The lowest BCUT2D eigenvalue weighted by Crippen LogP contribution is -2.35. The Balaban J connectivity index is 1.93. The molecule has 6 heteroatoms. The van der Waals surface area contributed by atoms with Crippen LogP contribution in [0.3, 0.4) is 0 Å². The summed E-state index contributed by atoms with van der Waals surface area (Å²) in [5, 5.41) is 0. The summed E-state index contributed by atoms with van der Waals surface area (Å²) >= 11 is 0. The first-order valence-corrected chi connectivity index (χ1v) is 6.25. The number of nitrogens with one attached hydrogen (secondary N) is 1. The van der Waals surface area contributed by atoms with E-state index in [0.29, 0.717) is 0 Å². The lowest BCUT2D eigenvalue weighted by Gasteiger charge is -2.25. The highest BCUT2D eigenvalue weighted by Gasteiger charge is 2.45. The first kappa shape index (κ1) is 11.7. The number of fused-ring (bicyclic) bond motifs is 1. The van der Waals surface area contributed by atoms with Crippen LogP contribution in [0.15, 0.2) is 21.9 Å². The van der Waals surface area contributed by atoms with E-state index in [4.69, 9.17) is 9.47 Å². The third kappa shape index (κ3) is 1.81. The molecule has 3 heterocycles. The van der Waals surface area contributed by atoms with Gasteiger partial charge in [-0.15, -0.1) is 0 Å². The minimum absolute atomic E-state index is 0.0441. The van der Waals surface area contributed by atoms with Crippen molar-refractivity contribution in [3.8, 4) is 0 Å². The number of nitrogens with zero attached hydrogens (tertiary/aromatic N) is 1. The maximum absolute atomic E-state index is 11.8. The van der Waals surface area contributed by atoms with Gasteiger partial charge in [-0.2, -0.15) is 0 Å². The van der Waals surface area contributed by atoms with Crippen LogP contribution in [0.2, 0.25) is 0 Å². The van der Waals surface area contributed by atoms with E-state index in [0.717, 1.165) is 19.4 Å². The number of aromatic nitrogens is 2. The third-order valence-corrected chi connectivity index (χ3v) is 3.72. The summed E-state index contributed by atoms with van der Waals surface area (Å²) in [6.07, 6.45) is 3.17. The maximum atomic E-state index is 11.8. The van der Waals surface area contributed by atoms with Crippen LogP contribution < -0.4 is 11.2 Å². The normalized spacial score (nSPS) is 35.4. The predicted molar refractivity (Wildman–Crippen MR) is 63.4 cm³/mol. The van der Waals surface area contributed by atoms with Gasteiger partial charge < -0.3 is 9.47 Å². The van der Waals surface area contributed by atoms with Crippen molar-refractivity contribution in [2.24, 2.45) is 5.92 Å². The number of H-pyrrole nitrogens is 1. The Morgan fingerprint density at radius 3 is 3.00 bits per heavy atom. The van der Waals surface area contributed by atoms with Crippen molar-refractivity contribution >= 4 is 0 Å². The fourth-order valence-corrected chi connectivity index (χ4v) is 2.82. The summed E-state index contributed by atoms with van der Waals surface area (Å²) in [4.78, 5) is 25.1. The molecule has 2 fully saturated rings. The van der Waals surface area contributed by atoms with Crippen molar-refractivity contribution in [1.82, 2.24) is 9.55 Å². The molecule has 0 aromatic carbocycles. The lowest BCUT2D eigenvalue weighted by molar-refractivity contribution is -0.0699. The molecular formula is C12H16N2O4. The Morgan fingerprint density at radius 2 is 2.28 bits per heavy atom. The highest BCUT2D eigenvalue weighted by molar-refractivity contribution is 4.93. The minimum Gasteiger partial charge on any atom is -0.375 e. The third-order valence-electron chi connectivity index (χ3n) is 3.72. The average molecular weight is 252 g/mol. The van der Waals surface area contributed by atoms with Crippen molar-refractivity contribution in [1.29, 1.82) is 0 Å². The molecule has 1 aromatic rings. The molecule has 0 unspecified atom stereocenters. The lowest BCUT2D eigenvalue weighted by atomic mass is 9.97. The van der Waals surface area contributed by atoms with Gasteiger partial charge in [-0.3, -0.25) is 14.3 Å². The smallest absolute Gasteiger partial charge is 0.330 e. The van der Waals surface area contributed by atoms with Crippen LogP contribution in [-0.4, -0.2) is 28.4 Å². The van der Waals surface area contributed by atoms with Gasteiger partial charge in [0.05, 0.1) is 12.2 Å². The van der Waals surface area contributed by atoms with Gasteiger partial charge >= 0.3 is 5.69 Å². The number of aromatic amines is 1. The van der Waals surface area contributed by atoms with Gasteiger partial charge in [0.15, 0.2) is 0 Å². The fraction of sp³-hybridized carbons (Fsp3) is 0.667. The van der Waals surface area contributed by atoms with Gasteiger partial charge in [-0.25, -0.2) is 4.79 Å². The summed E-state index contributed by atoms with van der Waals surface area (Å²) in [5.41, 5.74) is -0.825. The molecule has 0 radical (unpaired) electrons. The Labute approximate surface area is 104 Å². The van der Waals surface area contributed by atoms with E-state index in [9.17, 15) is 9.59 Å². The predicted octanol–water partition coefficient (Wildman–Crippen LogP) is 0.249. The molecule has 2 saturated heterocycles. The molecule has 98 valence electrons. The molecule has 2 aliphatic rings. The number of ether oxygens (including phenoxy) is 2. The summed E-state index contributed by atoms with van der Waals surface area (Å²) in [6, 6.07) is 1.33. The van der Waals surface area contributed by atoms with Crippen LogP contribution in [0.5, 0.6) is 0 Å². The molecule has 4 atom stereocenters. The quantitative estimate of drug-likeness (QED) is 0.777. The van der Waals surface area contributed by atoms with E-state index in [1.165, 1.54) is 16.8 Å². The molecule has 18 heavy (non-hydrogen) atoms. The highest BCUT2D eigenvalue weighted by Crippen LogP contribution is 2.39. The zero-order chi connectivity index (χ0) is 12.7. The van der Waals surface area contributed by atoms with Crippen molar-refractivity contribution in [3.63, 3.8) is 0 Å². The highest BCUT2D eigenvalue weighted by atomic mass is 16.6. The standard InChI is InChI=1S/C12H16N2O4/c1-7-10-8(3-2-6-17-10)18-11(7)14-5-4-9(15)13-12(14)16/h4-5,7-8,10-11H,2-3,6H2,1H3,(H,13,15,16)/t7-,8+,10-,11+/m0/s1. The van der Waals surface area contributed by atoms with Gasteiger partial charge in [0, 0.05) is 24.8 Å². The average Bonchev–Trinajstić information content (AvgIpc) is 2.68. The summed E-state index contributed by atoms with van der Waals surface area (Å²) in [6.45, 7) is 2.76. The van der Waals surface area contributed by atoms with E-state index in [1.54, 1.807) is 0 Å². The van der Waals surface area contributed by atoms with Crippen molar-refractivity contribution < 1.29 is 9.47 Å². The number of rotatable bonds is 1. The zero-order valence-corrected chi connectivity index (χ0v) is 10.2. The summed E-state index contributed by atoms with van der Waals surface area (Å²) < 4.78 is 13.1. The summed E-state index contributed by atoms with van der Waals surface area (Å²) in [5.74, 6) is 0.0962. The minimum atomic E-state index is -0.432. The zero-order valence-electron chi connectivity index (χ0n) is 10.2. The first-order valence-electron chi connectivity index (χ1n) is 6.25. The molecule has 0 bridgehead atoms. The molecule has 6 nitrogen and oxygen atoms in total. The van der Waals surface area contributed by atoms with E-state index >= 15 is 0 Å². The van der Waals surface area contributed by atoms with Crippen LogP contribution in [0.25, 0.3) is 0 Å². The number of hydrogen-bond acceptors (Lipinski definition) is 4. The van der Waals surface area contributed by atoms with E-state index in [1.807, 2.05) is 6.92 Å². The van der Waals surface area contributed by atoms with E-state index in [-0.39, 0.29) is 24.4 Å². The maximum Gasteiger partial charge on any atom is 0.330 e. The molecule has 3 rings (SSSR count). The van der Waals surface area contributed by atoms with Crippen molar-refractivity contribution in [3.05, 3.63) is 33.1 Å². The molecule has 1 N–H and O–H groups in total. The second kappa shape index (κ2) is 4.37. The van der Waals surface area contributed by atoms with Crippen LogP contribution in [0.1, 0.15) is 26.0 Å². The Kier molecular flexibility index (Phi) is 2.83. The van der Waals surface area contributed by atoms with Crippen LogP contribution in [-0.2, 0) is 9.47 Å². The van der Waals surface area contributed by atoms with Crippen molar-refractivity contribution in [2.75, 3.05) is 6.61 Å². The first-order chi connectivity index (χ1) is 8.66. The summed E-state index contributed by atoms with van der Waals surface area (Å²) in [7, 11) is 0. The van der Waals surface area contributed by atoms with Crippen LogP contribution in [0.4, 0.5) is 0 Å². The van der Waals surface area contributed by atoms with Gasteiger partial charge in [-0.1, -0.05) is 6.92 Å². The monoisotopic (exact) mass is 252 g/mol. The number of hydrogen-bond donors (Lipinski definition) is 1. The van der Waals surface area contributed by atoms with Crippen LogP contribution >= 0.6 is 0 Å². The Hall–Kier alpha value is -1.40. The van der Waals surface area contributed by atoms with E-state index in [2.05, 4.69) is 4.98 Å². The van der Waals surface area contributed by atoms with Gasteiger partial charge in [-0.05, 0) is 12.8 Å². The van der Waals surface area contributed by atoms with Crippen LogP contribution in [0, 0.1) is 5.92 Å². The largest absolute Gasteiger partial charge is 0.375 e. The van der Waals surface area contributed by atoms with Gasteiger partial charge in [0.25, 0.3) is 5.56 Å². The molecule has 0 saturated carbocycles. The Bertz CT molecular complexity index is 549. The van der Waals surface area contributed by atoms with Gasteiger partial charge in [0.2, 0.25) is 0 Å². The van der Waals surface area contributed by atoms with E-state index < -0.39 is 11.2 Å². The topological polar surface area (TPSA) is 73.3 Å². The Morgan fingerprint density at radius 1 is 1.44 bits per heavy atom. The molecule has 0 amide bonds. The molecular weight excluding hydrogens is 236 g/mol. The molecule has 1 aromatic heterocycles. The van der Waals surface area contributed by atoms with Crippen molar-refractivity contribution in [2.45, 2.75) is 38.2 Å². The second-order valence-corrected chi connectivity index (χ2v) is 4.92.